The van der Waals surface area contributed by atoms with Gasteiger partial charge in [-0.2, -0.15) is 0 Å². The van der Waals surface area contributed by atoms with Crippen molar-refractivity contribution >= 4 is 11.9 Å². The first-order valence-corrected chi connectivity index (χ1v) is 17.8. The fourth-order valence-electron chi connectivity index (χ4n) is 4.62. The van der Waals surface area contributed by atoms with E-state index in [9.17, 15) is 19.8 Å². The van der Waals surface area contributed by atoms with Crippen LogP contribution in [0.25, 0.3) is 0 Å². The second kappa shape index (κ2) is 32.9. The first kappa shape index (κ1) is 42.6. The fraction of sp³-hybridized carbons (Fsp3) is 0.692. The van der Waals surface area contributed by atoms with Gasteiger partial charge >= 0.3 is 11.9 Å². The summed E-state index contributed by atoms with van der Waals surface area (Å²) in [5.74, 6) is 0.128. The van der Waals surface area contributed by atoms with Crippen LogP contribution >= 0.6 is 0 Å². The summed E-state index contributed by atoms with van der Waals surface area (Å²) < 4.78 is 10.5. The van der Waals surface area contributed by atoms with Crippen LogP contribution in [0.15, 0.2) is 60.8 Å². The highest BCUT2D eigenvalue weighted by Gasteiger charge is 2.16. The van der Waals surface area contributed by atoms with Gasteiger partial charge in [-0.3, -0.25) is 9.59 Å². The molecule has 0 amide bonds. The molecule has 258 valence electrons. The Labute approximate surface area is 275 Å². The van der Waals surface area contributed by atoms with Gasteiger partial charge < -0.3 is 19.7 Å². The molecule has 0 bridgehead atoms. The molecule has 0 saturated carbocycles. The largest absolute Gasteiger partial charge is 0.462 e. The minimum absolute atomic E-state index is 0.109. The van der Waals surface area contributed by atoms with E-state index in [4.69, 9.17) is 9.47 Å². The Bertz CT molecular complexity index is 838. The maximum Gasteiger partial charge on any atom is 0.306 e. The molecule has 0 aromatic carbocycles. The zero-order chi connectivity index (χ0) is 33.2. The van der Waals surface area contributed by atoms with Crippen LogP contribution in [0, 0.1) is 5.92 Å². The molecule has 6 heteroatoms. The van der Waals surface area contributed by atoms with Gasteiger partial charge in [0.1, 0.15) is 6.61 Å². The summed E-state index contributed by atoms with van der Waals surface area (Å²) in [6, 6.07) is 0. The highest BCUT2D eigenvalue weighted by Crippen LogP contribution is 2.14. The van der Waals surface area contributed by atoms with E-state index in [0.717, 1.165) is 50.9 Å². The van der Waals surface area contributed by atoms with Crippen LogP contribution in [0.4, 0.5) is 0 Å². The smallest absolute Gasteiger partial charge is 0.306 e. The zero-order valence-corrected chi connectivity index (χ0v) is 28.9. The van der Waals surface area contributed by atoms with E-state index < -0.39 is 12.2 Å². The van der Waals surface area contributed by atoms with Crippen molar-refractivity contribution in [1.82, 2.24) is 0 Å². The fourth-order valence-corrected chi connectivity index (χ4v) is 4.62. The van der Waals surface area contributed by atoms with Crippen LogP contribution in [0.2, 0.25) is 0 Å². The Hall–Kier alpha value is -2.44. The average molecular weight is 631 g/mol. The molecule has 2 N–H and O–H groups in total. The van der Waals surface area contributed by atoms with E-state index in [1.165, 1.54) is 51.4 Å². The topological polar surface area (TPSA) is 93.1 Å². The molecule has 0 heterocycles. The summed E-state index contributed by atoms with van der Waals surface area (Å²) in [5, 5.41) is 19.2. The third-order valence-corrected chi connectivity index (χ3v) is 7.33. The Morgan fingerprint density at radius 1 is 0.689 bits per heavy atom. The summed E-state index contributed by atoms with van der Waals surface area (Å²) in [5.41, 5.74) is 0. The summed E-state index contributed by atoms with van der Waals surface area (Å²) in [6.07, 6.45) is 37.7. The normalized spacial score (nSPS) is 13.7. The lowest BCUT2D eigenvalue weighted by Crippen LogP contribution is -2.28. The van der Waals surface area contributed by atoms with Crippen molar-refractivity contribution in [2.75, 3.05) is 13.2 Å². The molecule has 0 aromatic rings. The number of allylic oxidation sites excluding steroid dienone is 8. The summed E-state index contributed by atoms with van der Waals surface area (Å²) in [6.45, 7) is 6.15. The first-order chi connectivity index (χ1) is 21.9. The predicted molar refractivity (Wildman–Crippen MR) is 188 cm³/mol. The van der Waals surface area contributed by atoms with Gasteiger partial charge in [-0.25, -0.2) is 0 Å². The van der Waals surface area contributed by atoms with Gasteiger partial charge in [0, 0.05) is 12.8 Å². The van der Waals surface area contributed by atoms with Gasteiger partial charge in [-0.1, -0.05) is 146 Å². The SMILES string of the molecule is CC/C=C\C(O)C/C=C/C=C\C/C=C\C/C=C\CCCC(=O)OC[C@H](CO)OC(=O)CCCCCCCCCCCCC(C)C. The molecule has 0 aliphatic carbocycles. The van der Waals surface area contributed by atoms with E-state index in [-0.39, 0.29) is 31.6 Å². The van der Waals surface area contributed by atoms with Gasteiger partial charge in [0.25, 0.3) is 0 Å². The summed E-state index contributed by atoms with van der Waals surface area (Å²) >= 11 is 0. The molecule has 6 nitrogen and oxygen atoms in total. The Kier molecular flexibility index (Phi) is 31.2. The highest BCUT2D eigenvalue weighted by atomic mass is 16.6. The number of ether oxygens (including phenoxy) is 2. The molecule has 2 atom stereocenters. The monoisotopic (exact) mass is 630 g/mol. The molecular formula is C39H66O6. The van der Waals surface area contributed by atoms with Crippen LogP contribution in [0.3, 0.4) is 0 Å². The van der Waals surface area contributed by atoms with E-state index in [1.54, 1.807) is 0 Å². The van der Waals surface area contributed by atoms with Gasteiger partial charge in [0.2, 0.25) is 0 Å². The predicted octanol–water partition coefficient (Wildman–Crippen LogP) is 9.66. The maximum absolute atomic E-state index is 12.1. The second-order valence-electron chi connectivity index (χ2n) is 12.2. The molecule has 0 spiro atoms. The molecule has 1 unspecified atom stereocenters. The minimum atomic E-state index is -0.805. The number of aliphatic hydroxyl groups excluding tert-OH is 2. The van der Waals surface area contributed by atoms with Gasteiger partial charge in [0.15, 0.2) is 6.10 Å². The second-order valence-corrected chi connectivity index (χ2v) is 12.2. The summed E-state index contributed by atoms with van der Waals surface area (Å²) in [7, 11) is 0. The zero-order valence-electron chi connectivity index (χ0n) is 28.9. The van der Waals surface area contributed by atoms with E-state index in [2.05, 4.69) is 44.2 Å². The van der Waals surface area contributed by atoms with Crippen molar-refractivity contribution < 1.29 is 29.3 Å². The highest BCUT2D eigenvalue weighted by molar-refractivity contribution is 5.70. The number of unbranched alkanes of at least 4 members (excludes halogenated alkanes) is 10. The lowest BCUT2D eigenvalue weighted by Gasteiger charge is -2.15. The standard InChI is InChI=1S/C39H66O6/c1-4-5-29-36(41)30-25-21-17-13-8-6-7-9-14-18-22-26-31-38(42)44-34-37(33-40)45-39(43)32-27-23-19-15-11-10-12-16-20-24-28-35(2)3/h5-7,13-14,17-18,21,25,29,35-37,40-41H,4,8-12,15-16,19-20,22-24,26-28,30-34H2,1-3H3/b7-6-,17-13-,18-14-,25-21+,29-5-/t36?,37-/m0/s1. The van der Waals surface area contributed by atoms with E-state index in [0.29, 0.717) is 19.3 Å². The summed E-state index contributed by atoms with van der Waals surface area (Å²) in [4.78, 5) is 24.1. The minimum Gasteiger partial charge on any atom is -0.462 e. The molecule has 0 aromatic heterocycles. The van der Waals surface area contributed by atoms with Crippen LogP contribution in [0.1, 0.15) is 143 Å². The van der Waals surface area contributed by atoms with Crippen molar-refractivity contribution in [3.63, 3.8) is 0 Å². The molecule has 0 saturated heterocycles. The number of carbonyl (C=O) groups is 2. The molecule has 0 fully saturated rings. The Balaban J connectivity index is 3.75. The lowest BCUT2D eigenvalue weighted by molar-refractivity contribution is -0.161. The average Bonchev–Trinajstić information content (AvgIpc) is 3.02. The van der Waals surface area contributed by atoms with Crippen molar-refractivity contribution in [1.29, 1.82) is 0 Å². The number of aliphatic hydroxyl groups is 2. The van der Waals surface area contributed by atoms with Crippen molar-refractivity contribution in [3.05, 3.63) is 60.8 Å². The van der Waals surface area contributed by atoms with Crippen molar-refractivity contribution in [3.8, 4) is 0 Å². The van der Waals surface area contributed by atoms with Crippen LogP contribution in [-0.2, 0) is 19.1 Å². The lowest BCUT2D eigenvalue weighted by atomic mass is 10.0. The number of esters is 2. The molecule has 0 radical (unpaired) electrons. The Morgan fingerprint density at radius 3 is 1.91 bits per heavy atom. The first-order valence-electron chi connectivity index (χ1n) is 17.8. The molecular weight excluding hydrogens is 564 g/mol. The van der Waals surface area contributed by atoms with Crippen molar-refractivity contribution in [2.24, 2.45) is 5.92 Å². The van der Waals surface area contributed by atoms with E-state index >= 15 is 0 Å². The molecule has 45 heavy (non-hydrogen) atoms. The van der Waals surface area contributed by atoms with Crippen molar-refractivity contribution in [2.45, 2.75) is 155 Å². The number of rotatable bonds is 30. The third-order valence-electron chi connectivity index (χ3n) is 7.33. The maximum atomic E-state index is 12.1. The van der Waals surface area contributed by atoms with Gasteiger partial charge in [-0.15, -0.1) is 0 Å². The van der Waals surface area contributed by atoms with Gasteiger partial charge in [0.05, 0.1) is 12.7 Å². The quantitative estimate of drug-likeness (QED) is 0.0355. The molecule has 0 aliphatic rings. The molecule has 0 aliphatic heterocycles. The number of carbonyl (C=O) groups excluding carboxylic acids is 2. The van der Waals surface area contributed by atoms with Crippen LogP contribution in [-0.4, -0.2) is 47.6 Å². The van der Waals surface area contributed by atoms with Crippen LogP contribution in [0.5, 0.6) is 0 Å². The van der Waals surface area contributed by atoms with Crippen LogP contribution < -0.4 is 0 Å². The molecule has 0 rings (SSSR count). The van der Waals surface area contributed by atoms with Gasteiger partial charge in [-0.05, 0) is 50.9 Å². The Morgan fingerprint density at radius 2 is 1.27 bits per heavy atom. The van der Waals surface area contributed by atoms with E-state index in [1.807, 2.05) is 37.3 Å². The number of hydrogen-bond donors (Lipinski definition) is 2. The third kappa shape index (κ3) is 32.8. The number of hydrogen-bond acceptors (Lipinski definition) is 6.